The zero-order chi connectivity index (χ0) is 11.8. The zero-order valence-electron chi connectivity index (χ0n) is 9.51. The van der Waals surface area contributed by atoms with Crippen LogP contribution >= 0.6 is 0 Å². The molecule has 1 rings (SSSR count). The highest BCUT2D eigenvalue weighted by Crippen LogP contribution is 2.11. The molecule has 0 saturated heterocycles. The first-order valence-corrected chi connectivity index (χ1v) is 5.25. The quantitative estimate of drug-likeness (QED) is 0.626. The van der Waals surface area contributed by atoms with Crippen molar-refractivity contribution in [3.8, 4) is 0 Å². The largest absolute Gasteiger partial charge is 0.449 e. The highest BCUT2D eigenvalue weighted by molar-refractivity contribution is 5.71. The van der Waals surface area contributed by atoms with Crippen molar-refractivity contribution in [3.05, 3.63) is 35.9 Å². The molecule has 4 heteroatoms. The molecule has 0 aliphatic carbocycles. The minimum Gasteiger partial charge on any atom is -0.449 e. The van der Waals surface area contributed by atoms with Crippen molar-refractivity contribution in [3.63, 3.8) is 0 Å². The van der Waals surface area contributed by atoms with Crippen molar-refractivity contribution >= 4 is 12.3 Å². The summed E-state index contributed by atoms with van der Waals surface area (Å²) in [5.74, 6) is 0.156. The monoisotopic (exact) mass is 220 g/mol. The molecule has 0 radical (unpaired) electrons. The first-order chi connectivity index (χ1) is 7.74. The van der Waals surface area contributed by atoms with Gasteiger partial charge < -0.3 is 4.74 Å². The topological polar surface area (TPSA) is 50.7 Å². The summed E-state index contributed by atoms with van der Waals surface area (Å²) in [5, 5.41) is 3.82. The van der Waals surface area contributed by atoms with E-state index in [1.807, 2.05) is 37.3 Å². The van der Waals surface area contributed by atoms with Crippen molar-refractivity contribution < 1.29 is 9.53 Å². The van der Waals surface area contributed by atoms with Gasteiger partial charge in [0.15, 0.2) is 0 Å². The number of nitrogens with one attached hydrogen (secondary N) is 1. The average molecular weight is 220 g/mol. The normalized spacial score (nSPS) is 12.4. The fourth-order valence-electron chi connectivity index (χ4n) is 1.21. The maximum Gasteiger partial charge on any atom is 0.427 e. The van der Waals surface area contributed by atoms with Gasteiger partial charge in [-0.25, -0.2) is 10.2 Å². The molecule has 4 nitrogen and oxygen atoms in total. The Bertz CT molecular complexity index is 349. The number of ether oxygens (including phenoxy) is 1. The molecule has 0 fully saturated rings. The van der Waals surface area contributed by atoms with Crippen molar-refractivity contribution in [1.29, 1.82) is 0 Å². The van der Waals surface area contributed by atoms with Gasteiger partial charge in [0, 0.05) is 12.1 Å². The third-order valence-corrected chi connectivity index (χ3v) is 2.05. The predicted molar refractivity (Wildman–Crippen MR) is 63.5 cm³/mol. The molecule has 0 unspecified atom stereocenters. The molecule has 1 aromatic carbocycles. The van der Waals surface area contributed by atoms with E-state index in [0.29, 0.717) is 6.61 Å². The van der Waals surface area contributed by atoms with Crippen molar-refractivity contribution in [2.75, 3.05) is 6.61 Å². The van der Waals surface area contributed by atoms with E-state index in [0.717, 1.165) is 5.56 Å². The molecule has 0 aromatic heterocycles. The Morgan fingerprint density at radius 2 is 2.19 bits per heavy atom. The molecule has 0 aliphatic heterocycles. The van der Waals surface area contributed by atoms with Crippen LogP contribution in [0, 0.1) is 0 Å². The van der Waals surface area contributed by atoms with Crippen molar-refractivity contribution in [2.24, 2.45) is 5.10 Å². The van der Waals surface area contributed by atoms with Crippen LogP contribution in [0.1, 0.15) is 25.3 Å². The second-order valence-corrected chi connectivity index (χ2v) is 3.31. The van der Waals surface area contributed by atoms with E-state index in [9.17, 15) is 4.79 Å². The summed E-state index contributed by atoms with van der Waals surface area (Å²) >= 11 is 0. The summed E-state index contributed by atoms with van der Waals surface area (Å²) in [6.07, 6.45) is 1.14. The smallest absolute Gasteiger partial charge is 0.427 e. The standard InChI is InChI=1S/C12H16N2O2/c1-3-16-12(15)14-13-9-10(2)11-7-5-4-6-8-11/h4-10H,3H2,1-2H3,(H,14,15)/b13-9-/t10-/m0/s1. The van der Waals surface area contributed by atoms with Crippen LogP contribution in [0.3, 0.4) is 0 Å². The molecule has 1 aromatic rings. The Morgan fingerprint density at radius 1 is 1.50 bits per heavy atom. The van der Waals surface area contributed by atoms with Crippen LogP contribution < -0.4 is 5.43 Å². The van der Waals surface area contributed by atoms with Gasteiger partial charge in [0.05, 0.1) is 6.61 Å². The van der Waals surface area contributed by atoms with E-state index < -0.39 is 6.09 Å². The van der Waals surface area contributed by atoms with Gasteiger partial charge >= 0.3 is 6.09 Å². The number of hydrogen-bond acceptors (Lipinski definition) is 3. The number of carbonyl (C=O) groups is 1. The third kappa shape index (κ3) is 4.13. The molecule has 1 amide bonds. The van der Waals surface area contributed by atoms with Gasteiger partial charge in [-0.1, -0.05) is 37.3 Å². The Morgan fingerprint density at radius 3 is 2.81 bits per heavy atom. The summed E-state index contributed by atoms with van der Waals surface area (Å²) in [4.78, 5) is 10.9. The maximum absolute atomic E-state index is 10.9. The Balaban J connectivity index is 2.43. The summed E-state index contributed by atoms with van der Waals surface area (Å²) in [7, 11) is 0. The number of amides is 1. The van der Waals surface area contributed by atoms with E-state index in [4.69, 9.17) is 0 Å². The minimum atomic E-state index is -0.529. The second-order valence-electron chi connectivity index (χ2n) is 3.31. The molecule has 0 spiro atoms. The lowest BCUT2D eigenvalue weighted by Crippen LogP contribution is -2.19. The third-order valence-electron chi connectivity index (χ3n) is 2.05. The lowest BCUT2D eigenvalue weighted by Gasteiger charge is -2.05. The SMILES string of the molecule is CCOC(=O)N/N=C\[C@H](C)c1ccccc1. The van der Waals surface area contributed by atoms with Gasteiger partial charge in [0.2, 0.25) is 0 Å². The Kier molecular flexibility index (Phi) is 5.05. The molecule has 0 saturated carbocycles. The van der Waals surface area contributed by atoms with Gasteiger partial charge in [-0.15, -0.1) is 0 Å². The van der Waals surface area contributed by atoms with E-state index in [1.54, 1.807) is 13.1 Å². The van der Waals surface area contributed by atoms with Gasteiger partial charge in [-0.3, -0.25) is 0 Å². The molecule has 0 heterocycles. The fraction of sp³-hybridized carbons (Fsp3) is 0.333. The average Bonchev–Trinajstić information content (AvgIpc) is 2.30. The van der Waals surface area contributed by atoms with E-state index in [2.05, 4.69) is 15.3 Å². The number of hydrogen-bond donors (Lipinski definition) is 1. The van der Waals surface area contributed by atoms with Crippen LogP contribution in [-0.2, 0) is 4.74 Å². The van der Waals surface area contributed by atoms with Crippen LogP contribution in [0.15, 0.2) is 35.4 Å². The molecule has 1 N–H and O–H groups in total. The molecule has 0 bridgehead atoms. The van der Waals surface area contributed by atoms with E-state index in [1.165, 1.54) is 0 Å². The number of rotatable bonds is 4. The molecule has 16 heavy (non-hydrogen) atoms. The highest BCUT2D eigenvalue weighted by Gasteiger charge is 2.01. The van der Waals surface area contributed by atoms with Crippen molar-refractivity contribution in [1.82, 2.24) is 5.43 Å². The summed E-state index contributed by atoms with van der Waals surface area (Å²) in [6.45, 7) is 4.09. The molecule has 0 aliphatic rings. The number of hydrazone groups is 1. The molecule has 86 valence electrons. The summed E-state index contributed by atoms with van der Waals surface area (Å²) in [6, 6.07) is 9.93. The highest BCUT2D eigenvalue weighted by atomic mass is 16.5. The summed E-state index contributed by atoms with van der Waals surface area (Å²) in [5.41, 5.74) is 3.44. The van der Waals surface area contributed by atoms with Gasteiger partial charge in [-0.2, -0.15) is 5.10 Å². The molecule has 1 atom stereocenters. The summed E-state index contributed by atoms with van der Waals surface area (Å²) < 4.78 is 4.67. The lowest BCUT2D eigenvalue weighted by molar-refractivity contribution is 0.152. The van der Waals surface area contributed by atoms with E-state index >= 15 is 0 Å². The van der Waals surface area contributed by atoms with E-state index in [-0.39, 0.29) is 5.92 Å². The fourth-order valence-corrected chi connectivity index (χ4v) is 1.21. The predicted octanol–water partition coefficient (Wildman–Crippen LogP) is 2.52. The van der Waals surface area contributed by atoms with Crippen molar-refractivity contribution in [2.45, 2.75) is 19.8 Å². The zero-order valence-corrected chi connectivity index (χ0v) is 9.51. The number of carbonyl (C=O) groups excluding carboxylic acids is 1. The van der Waals surface area contributed by atoms with Crippen LogP contribution in [0.5, 0.6) is 0 Å². The number of nitrogens with zero attached hydrogens (tertiary/aromatic N) is 1. The first kappa shape index (κ1) is 12.2. The van der Waals surface area contributed by atoms with Gasteiger partial charge in [0.1, 0.15) is 0 Å². The second kappa shape index (κ2) is 6.61. The maximum atomic E-state index is 10.9. The molecular weight excluding hydrogens is 204 g/mol. The van der Waals surface area contributed by atoms with Crippen LogP contribution in [0.2, 0.25) is 0 Å². The van der Waals surface area contributed by atoms with Crippen LogP contribution in [0.4, 0.5) is 4.79 Å². The first-order valence-electron chi connectivity index (χ1n) is 5.25. The van der Waals surface area contributed by atoms with Crippen LogP contribution in [-0.4, -0.2) is 18.9 Å². The Hall–Kier alpha value is -1.84. The van der Waals surface area contributed by atoms with Crippen LogP contribution in [0.25, 0.3) is 0 Å². The Labute approximate surface area is 95.3 Å². The van der Waals surface area contributed by atoms with Gasteiger partial charge in [0.25, 0.3) is 0 Å². The lowest BCUT2D eigenvalue weighted by atomic mass is 10.0. The minimum absolute atomic E-state index is 0.156. The number of benzene rings is 1. The van der Waals surface area contributed by atoms with Gasteiger partial charge in [-0.05, 0) is 12.5 Å². The molecular formula is C12H16N2O2.